The molecule has 0 atom stereocenters. The van der Waals surface area contributed by atoms with Crippen molar-refractivity contribution >= 4 is 11.6 Å². The van der Waals surface area contributed by atoms with Crippen molar-refractivity contribution in [1.29, 1.82) is 0 Å². The van der Waals surface area contributed by atoms with Crippen LogP contribution in [-0.4, -0.2) is 48.4 Å². The summed E-state index contributed by atoms with van der Waals surface area (Å²) in [4.78, 5) is 16.9. The number of aryl methyl sites for hydroxylation is 1. The van der Waals surface area contributed by atoms with E-state index in [1.807, 2.05) is 24.0 Å². The molecule has 1 saturated heterocycles. The van der Waals surface area contributed by atoms with Gasteiger partial charge in [0.1, 0.15) is 0 Å². The average Bonchev–Trinajstić information content (AvgIpc) is 2.48. The molecule has 2 N–H and O–H groups in total. The average molecular weight is 289 g/mol. The highest BCUT2D eigenvalue weighted by molar-refractivity contribution is 5.95. The first-order valence-electron chi connectivity index (χ1n) is 7.85. The molecule has 0 unspecified atom stereocenters. The van der Waals surface area contributed by atoms with E-state index in [9.17, 15) is 4.79 Å². The predicted molar refractivity (Wildman–Crippen MR) is 87.4 cm³/mol. The van der Waals surface area contributed by atoms with Gasteiger partial charge in [0.2, 0.25) is 0 Å². The highest BCUT2D eigenvalue weighted by atomic mass is 16.2. The van der Waals surface area contributed by atoms with Crippen LogP contribution >= 0.6 is 0 Å². The Labute approximate surface area is 127 Å². The summed E-state index contributed by atoms with van der Waals surface area (Å²) in [6, 6.07) is 5.59. The van der Waals surface area contributed by atoms with Crippen molar-refractivity contribution in [2.75, 3.05) is 38.5 Å². The van der Waals surface area contributed by atoms with Gasteiger partial charge in [0.15, 0.2) is 0 Å². The van der Waals surface area contributed by atoms with Crippen LogP contribution < -0.4 is 5.73 Å². The first-order valence-corrected chi connectivity index (χ1v) is 7.85. The summed E-state index contributed by atoms with van der Waals surface area (Å²) in [7, 11) is 0. The molecular weight excluding hydrogens is 262 g/mol. The molecule has 4 nitrogen and oxygen atoms in total. The van der Waals surface area contributed by atoms with Crippen LogP contribution in [0.15, 0.2) is 18.2 Å². The lowest BCUT2D eigenvalue weighted by atomic mass is 10.1. The van der Waals surface area contributed by atoms with Crippen LogP contribution in [-0.2, 0) is 0 Å². The smallest absolute Gasteiger partial charge is 0.254 e. The molecule has 0 radical (unpaired) electrons. The number of benzene rings is 1. The highest BCUT2D eigenvalue weighted by Crippen LogP contribution is 2.16. The number of nitrogens with two attached hydrogens (primary N) is 1. The molecule has 0 bridgehead atoms. The Hall–Kier alpha value is -1.55. The van der Waals surface area contributed by atoms with Crippen molar-refractivity contribution in [2.24, 2.45) is 5.92 Å². The number of piperazine rings is 1. The highest BCUT2D eigenvalue weighted by Gasteiger charge is 2.22. The number of nitrogens with zero attached hydrogens (tertiary/aromatic N) is 2. The summed E-state index contributed by atoms with van der Waals surface area (Å²) in [5, 5.41) is 0. The first-order chi connectivity index (χ1) is 9.97. The normalized spacial score (nSPS) is 16.5. The molecule has 1 aromatic carbocycles. The molecular formula is C17H27N3O. The number of hydrogen-bond acceptors (Lipinski definition) is 3. The van der Waals surface area contributed by atoms with Crippen LogP contribution in [0, 0.1) is 12.8 Å². The molecule has 0 aliphatic carbocycles. The Balaban J connectivity index is 1.89. The van der Waals surface area contributed by atoms with E-state index in [0.717, 1.165) is 44.2 Å². The van der Waals surface area contributed by atoms with Crippen molar-refractivity contribution in [3.05, 3.63) is 29.3 Å². The van der Waals surface area contributed by atoms with Gasteiger partial charge in [-0.1, -0.05) is 19.9 Å². The fourth-order valence-electron chi connectivity index (χ4n) is 2.57. The minimum Gasteiger partial charge on any atom is -0.398 e. The fourth-order valence-corrected chi connectivity index (χ4v) is 2.57. The van der Waals surface area contributed by atoms with Crippen LogP contribution in [0.4, 0.5) is 5.69 Å². The molecule has 1 aromatic rings. The zero-order valence-electron chi connectivity index (χ0n) is 13.4. The van der Waals surface area contributed by atoms with E-state index >= 15 is 0 Å². The quantitative estimate of drug-likeness (QED) is 0.866. The monoisotopic (exact) mass is 289 g/mol. The van der Waals surface area contributed by atoms with Crippen molar-refractivity contribution in [3.63, 3.8) is 0 Å². The molecule has 1 aliphatic rings. The van der Waals surface area contributed by atoms with Gasteiger partial charge in [-0.3, -0.25) is 9.69 Å². The van der Waals surface area contributed by atoms with Gasteiger partial charge in [-0.15, -0.1) is 0 Å². The SMILES string of the molecule is Cc1ccc(C(=O)N2CCN(CCC(C)C)CC2)cc1N. The summed E-state index contributed by atoms with van der Waals surface area (Å²) < 4.78 is 0. The van der Waals surface area contributed by atoms with E-state index in [1.54, 1.807) is 6.07 Å². The molecule has 1 aliphatic heterocycles. The largest absolute Gasteiger partial charge is 0.398 e. The van der Waals surface area contributed by atoms with Crippen LogP contribution in [0.25, 0.3) is 0 Å². The van der Waals surface area contributed by atoms with Gasteiger partial charge in [0.25, 0.3) is 5.91 Å². The van der Waals surface area contributed by atoms with Gasteiger partial charge in [-0.05, 0) is 43.5 Å². The van der Waals surface area contributed by atoms with Gasteiger partial charge in [-0.25, -0.2) is 0 Å². The molecule has 4 heteroatoms. The number of carbonyl (C=O) groups excluding carboxylic acids is 1. The molecule has 0 saturated carbocycles. The zero-order valence-corrected chi connectivity index (χ0v) is 13.4. The van der Waals surface area contributed by atoms with Crippen LogP contribution in [0.3, 0.4) is 0 Å². The molecule has 21 heavy (non-hydrogen) atoms. The Kier molecular flexibility index (Phi) is 5.23. The lowest BCUT2D eigenvalue weighted by molar-refractivity contribution is 0.0632. The summed E-state index contributed by atoms with van der Waals surface area (Å²) in [6.45, 7) is 11.2. The standard InChI is InChI=1S/C17H27N3O/c1-13(2)6-7-19-8-10-20(11-9-19)17(21)15-5-4-14(3)16(18)12-15/h4-5,12-13H,6-11,18H2,1-3H3. The Morgan fingerprint density at radius 1 is 1.24 bits per heavy atom. The fraction of sp³-hybridized carbons (Fsp3) is 0.588. The van der Waals surface area contributed by atoms with E-state index in [4.69, 9.17) is 5.73 Å². The molecule has 1 heterocycles. The minimum absolute atomic E-state index is 0.102. The number of nitrogen functional groups attached to an aromatic ring is 1. The lowest BCUT2D eigenvalue weighted by Crippen LogP contribution is -2.49. The predicted octanol–water partition coefficient (Wildman–Crippen LogP) is 2.38. The third-order valence-electron chi connectivity index (χ3n) is 4.21. The first kappa shape index (κ1) is 15.8. The van der Waals surface area contributed by atoms with E-state index in [0.29, 0.717) is 11.3 Å². The number of anilines is 1. The molecule has 2 rings (SSSR count). The molecule has 0 spiro atoms. The Bertz CT molecular complexity index is 491. The van der Waals surface area contributed by atoms with Gasteiger partial charge >= 0.3 is 0 Å². The molecule has 116 valence electrons. The van der Waals surface area contributed by atoms with E-state index < -0.39 is 0 Å². The van der Waals surface area contributed by atoms with Gasteiger partial charge in [0.05, 0.1) is 0 Å². The van der Waals surface area contributed by atoms with Gasteiger partial charge in [-0.2, -0.15) is 0 Å². The van der Waals surface area contributed by atoms with E-state index in [-0.39, 0.29) is 5.91 Å². The molecule has 0 aromatic heterocycles. The zero-order chi connectivity index (χ0) is 15.4. The maximum Gasteiger partial charge on any atom is 0.254 e. The Morgan fingerprint density at radius 2 is 1.90 bits per heavy atom. The van der Waals surface area contributed by atoms with Crippen molar-refractivity contribution in [2.45, 2.75) is 27.2 Å². The minimum atomic E-state index is 0.102. The Morgan fingerprint density at radius 3 is 2.48 bits per heavy atom. The third-order valence-corrected chi connectivity index (χ3v) is 4.21. The third kappa shape index (κ3) is 4.21. The van der Waals surface area contributed by atoms with Crippen LogP contribution in [0.5, 0.6) is 0 Å². The number of rotatable bonds is 4. The van der Waals surface area contributed by atoms with Gasteiger partial charge in [0, 0.05) is 37.4 Å². The topological polar surface area (TPSA) is 49.6 Å². The maximum atomic E-state index is 12.5. The lowest BCUT2D eigenvalue weighted by Gasteiger charge is -2.35. The second-order valence-electron chi connectivity index (χ2n) is 6.39. The summed E-state index contributed by atoms with van der Waals surface area (Å²) >= 11 is 0. The molecule has 1 fully saturated rings. The number of amides is 1. The second-order valence-corrected chi connectivity index (χ2v) is 6.39. The maximum absolute atomic E-state index is 12.5. The van der Waals surface area contributed by atoms with Crippen molar-refractivity contribution < 1.29 is 4.79 Å². The summed E-state index contributed by atoms with van der Waals surface area (Å²) in [5.74, 6) is 0.838. The molecule has 1 amide bonds. The second kappa shape index (κ2) is 6.94. The van der Waals surface area contributed by atoms with Crippen molar-refractivity contribution in [1.82, 2.24) is 9.80 Å². The van der Waals surface area contributed by atoms with Crippen LogP contribution in [0.2, 0.25) is 0 Å². The summed E-state index contributed by atoms with van der Waals surface area (Å²) in [6.07, 6.45) is 1.22. The van der Waals surface area contributed by atoms with Gasteiger partial charge < -0.3 is 10.6 Å². The van der Waals surface area contributed by atoms with Crippen molar-refractivity contribution in [3.8, 4) is 0 Å². The van der Waals surface area contributed by atoms with E-state index in [2.05, 4.69) is 18.7 Å². The van der Waals surface area contributed by atoms with Crippen LogP contribution in [0.1, 0.15) is 36.2 Å². The number of carbonyl (C=O) groups is 1. The summed E-state index contributed by atoms with van der Waals surface area (Å²) in [5.41, 5.74) is 8.31. The van der Waals surface area contributed by atoms with E-state index in [1.165, 1.54) is 6.42 Å². The number of hydrogen-bond donors (Lipinski definition) is 1.